The third-order valence-electron chi connectivity index (χ3n) is 4.42. The Morgan fingerprint density at radius 3 is 2.15 bits per heavy atom. The van der Waals surface area contributed by atoms with Crippen LogP contribution in [0.5, 0.6) is 0 Å². The molecule has 138 valence electrons. The standard InChI is InChI=1S/C22H28N2O2/c1-6-15(2)23-21(26)18-9-7-8-10-19(18)24-20(25)16-11-13-17(14-12-16)22(3,4)5/h7-15H,6H2,1-5H3,(H,23,26)(H,24,25). The van der Waals surface area contributed by atoms with Gasteiger partial charge in [-0.2, -0.15) is 0 Å². The van der Waals surface area contributed by atoms with Gasteiger partial charge in [0.2, 0.25) is 0 Å². The average molecular weight is 352 g/mol. The zero-order valence-corrected chi connectivity index (χ0v) is 16.2. The number of rotatable bonds is 5. The van der Waals surface area contributed by atoms with Crippen molar-refractivity contribution in [3.05, 3.63) is 65.2 Å². The minimum absolute atomic E-state index is 0.0374. The van der Waals surface area contributed by atoms with E-state index in [2.05, 4.69) is 31.4 Å². The molecule has 0 aromatic heterocycles. The van der Waals surface area contributed by atoms with Gasteiger partial charge >= 0.3 is 0 Å². The number of para-hydroxylation sites is 1. The van der Waals surface area contributed by atoms with Crippen molar-refractivity contribution in [2.24, 2.45) is 0 Å². The predicted octanol–water partition coefficient (Wildman–Crippen LogP) is 4.76. The average Bonchev–Trinajstić information content (AvgIpc) is 2.61. The van der Waals surface area contributed by atoms with Crippen LogP contribution < -0.4 is 10.6 Å². The van der Waals surface area contributed by atoms with Gasteiger partial charge in [0.1, 0.15) is 0 Å². The van der Waals surface area contributed by atoms with Gasteiger partial charge in [0.05, 0.1) is 11.3 Å². The molecule has 4 heteroatoms. The normalized spacial score (nSPS) is 12.3. The molecule has 2 rings (SSSR count). The van der Waals surface area contributed by atoms with Crippen LogP contribution in [0.15, 0.2) is 48.5 Å². The summed E-state index contributed by atoms with van der Waals surface area (Å²) in [5.41, 5.74) is 2.75. The molecule has 2 aromatic rings. The summed E-state index contributed by atoms with van der Waals surface area (Å²) in [7, 11) is 0. The van der Waals surface area contributed by atoms with Gasteiger partial charge in [-0.3, -0.25) is 9.59 Å². The number of carbonyl (C=O) groups excluding carboxylic acids is 2. The Kier molecular flexibility index (Phi) is 6.19. The Labute approximate surface area is 156 Å². The molecule has 2 amide bonds. The number of carbonyl (C=O) groups is 2. The van der Waals surface area contributed by atoms with E-state index in [9.17, 15) is 9.59 Å². The van der Waals surface area contributed by atoms with Crippen molar-refractivity contribution < 1.29 is 9.59 Å². The Bertz CT molecular complexity index is 773. The third kappa shape index (κ3) is 4.94. The lowest BCUT2D eigenvalue weighted by molar-refractivity contribution is 0.0940. The molecule has 0 saturated heterocycles. The van der Waals surface area contributed by atoms with Crippen molar-refractivity contribution in [2.45, 2.75) is 52.5 Å². The SMILES string of the molecule is CCC(C)NC(=O)c1ccccc1NC(=O)c1ccc(C(C)(C)C)cc1. The molecular weight excluding hydrogens is 324 g/mol. The van der Waals surface area contributed by atoms with Crippen molar-refractivity contribution >= 4 is 17.5 Å². The van der Waals surface area contributed by atoms with E-state index < -0.39 is 0 Å². The predicted molar refractivity (Wildman–Crippen MR) is 107 cm³/mol. The van der Waals surface area contributed by atoms with Gasteiger partial charge in [0.15, 0.2) is 0 Å². The highest BCUT2D eigenvalue weighted by Crippen LogP contribution is 2.23. The maximum absolute atomic E-state index is 12.6. The number of amides is 2. The van der Waals surface area contributed by atoms with Crippen LogP contribution >= 0.6 is 0 Å². The van der Waals surface area contributed by atoms with E-state index in [1.54, 1.807) is 24.3 Å². The van der Waals surface area contributed by atoms with Crippen LogP contribution in [0, 0.1) is 0 Å². The topological polar surface area (TPSA) is 58.2 Å². The van der Waals surface area contributed by atoms with Crippen molar-refractivity contribution in [1.29, 1.82) is 0 Å². The largest absolute Gasteiger partial charge is 0.350 e. The zero-order chi connectivity index (χ0) is 19.3. The molecule has 0 aliphatic carbocycles. The Hall–Kier alpha value is -2.62. The summed E-state index contributed by atoms with van der Waals surface area (Å²) in [6.07, 6.45) is 0.848. The summed E-state index contributed by atoms with van der Waals surface area (Å²) in [6, 6.07) is 14.7. The van der Waals surface area contributed by atoms with E-state index in [0.717, 1.165) is 6.42 Å². The number of nitrogens with one attached hydrogen (secondary N) is 2. The van der Waals surface area contributed by atoms with E-state index in [4.69, 9.17) is 0 Å². The lowest BCUT2D eigenvalue weighted by atomic mass is 9.86. The van der Waals surface area contributed by atoms with Crippen molar-refractivity contribution in [3.63, 3.8) is 0 Å². The van der Waals surface area contributed by atoms with Gasteiger partial charge in [-0.1, -0.05) is 52.0 Å². The molecule has 2 aromatic carbocycles. The number of benzene rings is 2. The van der Waals surface area contributed by atoms with Gasteiger partial charge in [0, 0.05) is 11.6 Å². The highest BCUT2D eigenvalue weighted by Gasteiger charge is 2.17. The van der Waals surface area contributed by atoms with E-state index in [-0.39, 0.29) is 23.3 Å². The molecule has 0 bridgehead atoms. The van der Waals surface area contributed by atoms with Crippen LogP contribution in [0.4, 0.5) is 5.69 Å². The second-order valence-corrected chi connectivity index (χ2v) is 7.61. The van der Waals surface area contributed by atoms with Crippen LogP contribution in [-0.2, 0) is 5.41 Å². The summed E-state index contributed by atoms with van der Waals surface area (Å²) in [5.74, 6) is -0.410. The molecular formula is C22H28N2O2. The molecule has 0 heterocycles. The first-order valence-electron chi connectivity index (χ1n) is 9.04. The molecule has 0 radical (unpaired) electrons. The monoisotopic (exact) mass is 352 g/mol. The Morgan fingerprint density at radius 1 is 0.962 bits per heavy atom. The van der Waals surface area contributed by atoms with Crippen LogP contribution in [0.1, 0.15) is 67.3 Å². The summed E-state index contributed by atoms with van der Waals surface area (Å²) >= 11 is 0. The van der Waals surface area contributed by atoms with E-state index in [1.165, 1.54) is 5.56 Å². The molecule has 0 spiro atoms. The molecule has 0 aliphatic heterocycles. The Balaban J connectivity index is 2.18. The minimum atomic E-state index is -0.228. The second-order valence-electron chi connectivity index (χ2n) is 7.61. The first-order valence-corrected chi connectivity index (χ1v) is 9.04. The van der Waals surface area contributed by atoms with Gasteiger partial charge < -0.3 is 10.6 Å². The summed E-state index contributed by atoms with van der Waals surface area (Å²) < 4.78 is 0. The zero-order valence-electron chi connectivity index (χ0n) is 16.2. The van der Waals surface area contributed by atoms with Crippen LogP contribution in [-0.4, -0.2) is 17.9 Å². The maximum Gasteiger partial charge on any atom is 0.255 e. The molecule has 0 fully saturated rings. The van der Waals surface area contributed by atoms with Crippen molar-refractivity contribution in [2.75, 3.05) is 5.32 Å². The molecule has 4 nitrogen and oxygen atoms in total. The number of hydrogen-bond acceptors (Lipinski definition) is 2. The molecule has 0 saturated carbocycles. The van der Waals surface area contributed by atoms with Gasteiger partial charge in [-0.25, -0.2) is 0 Å². The Morgan fingerprint density at radius 2 is 1.58 bits per heavy atom. The third-order valence-corrected chi connectivity index (χ3v) is 4.42. The lowest BCUT2D eigenvalue weighted by Crippen LogP contribution is -2.32. The van der Waals surface area contributed by atoms with Crippen molar-refractivity contribution in [3.8, 4) is 0 Å². The summed E-state index contributed by atoms with van der Waals surface area (Å²) in [4.78, 5) is 25.0. The fourth-order valence-corrected chi connectivity index (χ4v) is 2.51. The highest BCUT2D eigenvalue weighted by atomic mass is 16.2. The van der Waals surface area contributed by atoms with Gasteiger partial charge in [-0.15, -0.1) is 0 Å². The van der Waals surface area contributed by atoms with E-state index in [1.807, 2.05) is 38.1 Å². The number of anilines is 1. The molecule has 0 aliphatic rings. The first kappa shape index (κ1) is 19.7. The second kappa shape index (κ2) is 8.17. The van der Waals surface area contributed by atoms with Crippen LogP contribution in [0.25, 0.3) is 0 Å². The highest BCUT2D eigenvalue weighted by molar-refractivity contribution is 6.09. The molecule has 26 heavy (non-hydrogen) atoms. The first-order chi connectivity index (χ1) is 12.2. The van der Waals surface area contributed by atoms with Crippen LogP contribution in [0.2, 0.25) is 0 Å². The smallest absolute Gasteiger partial charge is 0.255 e. The summed E-state index contributed by atoms with van der Waals surface area (Å²) in [5, 5.41) is 5.79. The fourth-order valence-electron chi connectivity index (χ4n) is 2.51. The number of hydrogen-bond donors (Lipinski definition) is 2. The van der Waals surface area contributed by atoms with Crippen LogP contribution in [0.3, 0.4) is 0 Å². The van der Waals surface area contributed by atoms with E-state index in [0.29, 0.717) is 16.8 Å². The van der Waals surface area contributed by atoms with Crippen molar-refractivity contribution in [1.82, 2.24) is 5.32 Å². The minimum Gasteiger partial charge on any atom is -0.350 e. The quantitative estimate of drug-likeness (QED) is 0.815. The van der Waals surface area contributed by atoms with E-state index >= 15 is 0 Å². The summed E-state index contributed by atoms with van der Waals surface area (Å²) in [6.45, 7) is 10.4. The van der Waals surface area contributed by atoms with Gasteiger partial charge in [-0.05, 0) is 48.6 Å². The van der Waals surface area contributed by atoms with Gasteiger partial charge in [0.25, 0.3) is 11.8 Å². The molecule has 2 N–H and O–H groups in total. The maximum atomic E-state index is 12.6. The lowest BCUT2D eigenvalue weighted by Gasteiger charge is -2.19. The fraction of sp³-hybridized carbons (Fsp3) is 0.364. The molecule has 1 atom stereocenters. The molecule has 1 unspecified atom stereocenters.